The minimum absolute atomic E-state index is 0.329. The molecule has 0 heterocycles. The molecule has 0 atom stereocenters. The molecule has 21 heavy (non-hydrogen) atoms. The molecule has 0 rings (SSSR count). The Labute approximate surface area is 146 Å². The van der Waals surface area contributed by atoms with Gasteiger partial charge in [0.05, 0.1) is 13.2 Å². The zero-order chi connectivity index (χ0) is 16.9. The Morgan fingerprint density at radius 1 is 0.810 bits per heavy atom. The van der Waals surface area contributed by atoms with Crippen LogP contribution in [-0.2, 0) is 19.1 Å². The maximum absolute atomic E-state index is 12.0. The van der Waals surface area contributed by atoms with Gasteiger partial charge in [0.15, 0.2) is 0 Å². The standard InChI is InChI=1S/C13H26Br2O4Si2/c1-20(2,3)9-7-18-11(16)13(14,15)12(17)19-8-10-21(4,5)6/h7-10H2,1-6H3. The summed E-state index contributed by atoms with van der Waals surface area (Å²) in [7, 11) is -2.54. The normalized spacial score (nSPS) is 13.0. The fourth-order valence-electron chi connectivity index (χ4n) is 1.16. The average molecular weight is 462 g/mol. The predicted octanol–water partition coefficient (Wildman–Crippen LogP) is 4.24. The van der Waals surface area contributed by atoms with Crippen molar-refractivity contribution < 1.29 is 19.1 Å². The van der Waals surface area contributed by atoms with E-state index in [9.17, 15) is 9.59 Å². The van der Waals surface area contributed by atoms with Gasteiger partial charge in [0.25, 0.3) is 3.23 Å². The summed E-state index contributed by atoms with van der Waals surface area (Å²) in [5, 5.41) is 0. The second kappa shape index (κ2) is 8.26. The van der Waals surface area contributed by atoms with Gasteiger partial charge in [-0.2, -0.15) is 0 Å². The van der Waals surface area contributed by atoms with Gasteiger partial charge < -0.3 is 9.47 Å². The van der Waals surface area contributed by atoms with Gasteiger partial charge in [-0.25, -0.2) is 9.59 Å². The first-order valence-electron chi connectivity index (χ1n) is 6.98. The van der Waals surface area contributed by atoms with Crippen LogP contribution in [0.15, 0.2) is 0 Å². The van der Waals surface area contributed by atoms with Crippen LogP contribution < -0.4 is 0 Å². The van der Waals surface area contributed by atoms with Crippen LogP contribution >= 0.6 is 31.9 Å². The van der Waals surface area contributed by atoms with Gasteiger partial charge in [-0.05, 0) is 43.9 Å². The lowest BCUT2D eigenvalue weighted by molar-refractivity contribution is -0.153. The molecule has 0 saturated heterocycles. The van der Waals surface area contributed by atoms with Gasteiger partial charge in [0, 0.05) is 16.1 Å². The zero-order valence-corrected chi connectivity index (χ0v) is 18.9. The lowest BCUT2D eigenvalue weighted by atomic mass is 10.4. The lowest BCUT2D eigenvalue weighted by Crippen LogP contribution is -2.39. The van der Waals surface area contributed by atoms with Crippen LogP contribution in [0.3, 0.4) is 0 Å². The Balaban J connectivity index is 4.31. The molecule has 0 saturated carbocycles. The number of carbonyl (C=O) groups is 2. The predicted molar refractivity (Wildman–Crippen MR) is 98.8 cm³/mol. The number of alkyl halides is 2. The summed E-state index contributed by atoms with van der Waals surface area (Å²) in [6.07, 6.45) is 0. The largest absolute Gasteiger partial charge is 0.464 e. The number of halogens is 2. The molecule has 0 aromatic heterocycles. The quantitative estimate of drug-likeness (QED) is 0.235. The summed E-state index contributed by atoms with van der Waals surface area (Å²) in [6, 6.07) is 1.72. The van der Waals surface area contributed by atoms with Crippen molar-refractivity contribution in [3.05, 3.63) is 0 Å². The van der Waals surface area contributed by atoms with E-state index in [2.05, 4.69) is 71.1 Å². The van der Waals surface area contributed by atoms with Crippen molar-refractivity contribution in [2.24, 2.45) is 0 Å². The zero-order valence-electron chi connectivity index (χ0n) is 13.7. The Morgan fingerprint density at radius 2 is 1.10 bits per heavy atom. The summed E-state index contributed by atoms with van der Waals surface area (Å²) in [4.78, 5) is 23.9. The van der Waals surface area contributed by atoms with E-state index in [1.165, 1.54) is 0 Å². The van der Waals surface area contributed by atoms with Crippen LogP contribution in [0.1, 0.15) is 0 Å². The highest BCUT2D eigenvalue weighted by atomic mass is 79.9. The van der Waals surface area contributed by atoms with Crippen molar-refractivity contribution in [3.63, 3.8) is 0 Å². The molecule has 0 N–H and O–H groups in total. The fraction of sp³-hybridized carbons (Fsp3) is 0.846. The summed E-state index contributed by atoms with van der Waals surface area (Å²) in [6.45, 7) is 13.8. The summed E-state index contributed by atoms with van der Waals surface area (Å²) >= 11 is 6.13. The third-order valence-electron chi connectivity index (χ3n) is 2.68. The summed E-state index contributed by atoms with van der Waals surface area (Å²) in [5.41, 5.74) is 0. The SMILES string of the molecule is C[Si](C)(C)CCOC(=O)C(Br)(Br)C(=O)OCC[Si](C)(C)C. The molecule has 0 aliphatic carbocycles. The molecular formula is C13H26Br2O4Si2. The van der Waals surface area contributed by atoms with E-state index in [1.807, 2.05) is 0 Å². The molecule has 0 fully saturated rings. The van der Waals surface area contributed by atoms with Crippen LogP contribution in [0.5, 0.6) is 0 Å². The third kappa shape index (κ3) is 9.86. The van der Waals surface area contributed by atoms with E-state index in [1.54, 1.807) is 0 Å². The Bertz CT molecular complexity index is 339. The van der Waals surface area contributed by atoms with Crippen molar-refractivity contribution in [1.82, 2.24) is 0 Å². The van der Waals surface area contributed by atoms with Crippen LogP contribution in [0.25, 0.3) is 0 Å². The van der Waals surface area contributed by atoms with Crippen LogP contribution in [0.2, 0.25) is 51.4 Å². The maximum Gasteiger partial charge on any atom is 0.345 e. The maximum atomic E-state index is 12.0. The highest BCUT2D eigenvalue weighted by molar-refractivity contribution is 9.26. The number of rotatable bonds is 8. The van der Waals surface area contributed by atoms with Crippen molar-refractivity contribution in [3.8, 4) is 0 Å². The second-order valence-electron chi connectivity index (χ2n) is 7.47. The number of esters is 2. The van der Waals surface area contributed by atoms with Crippen molar-refractivity contribution in [2.75, 3.05) is 13.2 Å². The van der Waals surface area contributed by atoms with Crippen molar-refractivity contribution in [2.45, 2.75) is 54.6 Å². The monoisotopic (exact) mass is 460 g/mol. The highest BCUT2D eigenvalue weighted by Crippen LogP contribution is 2.30. The first-order chi connectivity index (χ1) is 9.26. The van der Waals surface area contributed by atoms with Crippen LogP contribution in [0, 0.1) is 0 Å². The number of hydrogen-bond donors (Lipinski definition) is 0. The first kappa shape index (κ1) is 21.3. The molecule has 0 aliphatic rings. The molecule has 4 nitrogen and oxygen atoms in total. The topological polar surface area (TPSA) is 52.6 Å². The van der Waals surface area contributed by atoms with Gasteiger partial charge in [-0.3, -0.25) is 0 Å². The van der Waals surface area contributed by atoms with E-state index in [4.69, 9.17) is 9.47 Å². The Kier molecular flexibility index (Phi) is 8.39. The van der Waals surface area contributed by atoms with Crippen LogP contribution in [-0.4, -0.2) is 44.5 Å². The van der Waals surface area contributed by atoms with E-state index in [0.717, 1.165) is 12.1 Å². The van der Waals surface area contributed by atoms with E-state index >= 15 is 0 Å². The number of carbonyl (C=O) groups excluding carboxylic acids is 2. The van der Waals surface area contributed by atoms with Gasteiger partial charge in [-0.15, -0.1) is 0 Å². The average Bonchev–Trinajstić information content (AvgIpc) is 2.24. The molecule has 0 aromatic rings. The molecule has 0 unspecified atom stereocenters. The van der Waals surface area contributed by atoms with Gasteiger partial charge in [0.2, 0.25) is 0 Å². The molecular weight excluding hydrogens is 436 g/mol. The molecule has 124 valence electrons. The minimum atomic E-state index is -1.60. The first-order valence-corrected chi connectivity index (χ1v) is 16.0. The second-order valence-corrected chi connectivity index (χ2v) is 22.2. The molecule has 0 spiro atoms. The van der Waals surface area contributed by atoms with E-state index < -0.39 is 31.3 Å². The van der Waals surface area contributed by atoms with Crippen molar-refractivity contribution in [1.29, 1.82) is 0 Å². The van der Waals surface area contributed by atoms with E-state index in [0.29, 0.717) is 13.2 Å². The molecule has 0 aromatic carbocycles. The molecule has 0 aliphatic heterocycles. The van der Waals surface area contributed by atoms with Crippen LogP contribution in [0.4, 0.5) is 0 Å². The Hall–Kier alpha value is 0.334. The highest BCUT2D eigenvalue weighted by Gasteiger charge is 2.44. The Morgan fingerprint density at radius 3 is 1.33 bits per heavy atom. The third-order valence-corrected chi connectivity index (χ3v) is 7.39. The van der Waals surface area contributed by atoms with Crippen molar-refractivity contribution >= 4 is 59.9 Å². The molecule has 8 heteroatoms. The smallest absolute Gasteiger partial charge is 0.345 e. The van der Waals surface area contributed by atoms with Gasteiger partial charge in [-0.1, -0.05) is 39.3 Å². The number of ether oxygens (including phenoxy) is 2. The molecule has 0 bridgehead atoms. The lowest BCUT2D eigenvalue weighted by Gasteiger charge is -2.21. The van der Waals surface area contributed by atoms with E-state index in [-0.39, 0.29) is 0 Å². The summed E-state index contributed by atoms with van der Waals surface area (Å²) in [5.74, 6) is -1.31. The summed E-state index contributed by atoms with van der Waals surface area (Å²) < 4.78 is 8.72. The van der Waals surface area contributed by atoms with Gasteiger partial charge >= 0.3 is 11.9 Å². The molecule has 0 radical (unpaired) electrons. The molecule has 0 amide bonds. The number of hydrogen-bond acceptors (Lipinski definition) is 4. The van der Waals surface area contributed by atoms with Gasteiger partial charge in [0.1, 0.15) is 0 Å². The minimum Gasteiger partial charge on any atom is -0.464 e. The fourth-order valence-corrected chi connectivity index (χ4v) is 3.05.